The smallest absolute Gasteiger partial charge is 0.148 e. The highest BCUT2D eigenvalue weighted by Crippen LogP contribution is 2.24. The molecule has 0 atom stereocenters. The fraction of sp³-hybridized carbons (Fsp3) is 0.364. The van der Waals surface area contributed by atoms with Gasteiger partial charge >= 0.3 is 0 Å². The highest BCUT2D eigenvalue weighted by molar-refractivity contribution is 5.65. The first kappa shape index (κ1) is 12.3. The Labute approximate surface area is 105 Å². The number of nitrogens with one attached hydrogen (secondary N) is 2. The van der Waals surface area contributed by atoms with Crippen LogP contribution in [0.25, 0.3) is 0 Å². The molecule has 0 unspecified atom stereocenters. The van der Waals surface area contributed by atoms with Gasteiger partial charge in [-0.2, -0.15) is 5.10 Å². The molecule has 0 spiro atoms. The minimum atomic E-state index is 0.636. The number of hydrazine groups is 1. The van der Waals surface area contributed by atoms with Gasteiger partial charge in [0, 0.05) is 18.8 Å². The Kier molecular flexibility index (Phi) is 3.42. The summed E-state index contributed by atoms with van der Waals surface area (Å²) in [4.78, 5) is 8.34. The van der Waals surface area contributed by atoms with Gasteiger partial charge in [-0.1, -0.05) is 6.92 Å². The lowest BCUT2D eigenvalue weighted by Crippen LogP contribution is -2.13. The summed E-state index contributed by atoms with van der Waals surface area (Å²) in [5, 5.41) is 7.53. The molecule has 0 aromatic carbocycles. The lowest BCUT2D eigenvalue weighted by atomic mass is 10.2. The van der Waals surface area contributed by atoms with E-state index >= 15 is 0 Å². The number of aromatic nitrogens is 4. The third kappa shape index (κ3) is 2.25. The first-order valence-corrected chi connectivity index (χ1v) is 5.73. The number of aryl methyl sites for hydroxylation is 2. The van der Waals surface area contributed by atoms with E-state index in [2.05, 4.69) is 25.8 Å². The molecule has 0 bridgehead atoms. The summed E-state index contributed by atoms with van der Waals surface area (Å²) in [6.07, 6.45) is 4.16. The molecule has 4 N–H and O–H groups in total. The van der Waals surface area contributed by atoms with E-state index < -0.39 is 0 Å². The van der Waals surface area contributed by atoms with Gasteiger partial charge in [0.2, 0.25) is 0 Å². The molecule has 0 saturated heterocycles. The molecule has 0 aliphatic carbocycles. The van der Waals surface area contributed by atoms with E-state index in [0.717, 1.165) is 29.2 Å². The van der Waals surface area contributed by atoms with Crippen molar-refractivity contribution in [2.45, 2.75) is 20.3 Å². The van der Waals surface area contributed by atoms with E-state index in [9.17, 15) is 0 Å². The van der Waals surface area contributed by atoms with E-state index in [1.54, 1.807) is 4.68 Å². The topological polar surface area (TPSA) is 93.7 Å². The second kappa shape index (κ2) is 5.01. The van der Waals surface area contributed by atoms with Crippen molar-refractivity contribution < 1.29 is 0 Å². The third-order valence-corrected chi connectivity index (χ3v) is 2.70. The minimum Gasteiger partial charge on any atom is -0.337 e. The number of nitrogen functional groups attached to an aromatic ring is 1. The van der Waals surface area contributed by atoms with Crippen molar-refractivity contribution in [1.82, 2.24) is 19.7 Å². The van der Waals surface area contributed by atoms with Crippen LogP contribution in [0.2, 0.25) is 0 Å². The van der Waals surface area contributed by atoms with E-state index in [4.69, 9.17) is 5.84 Å². The van der Waals surface area contributed by atoms with Crippen molar-refractivity contribution in [3.05, 3.63) is 23.8 Å². The van der Waals surface area contributed by atoms with Gasteiger partial charge in [-0.15, -0.1) is 0 Å². The molecule has 0 radical (unpaired) electrons. The number of nitrogens with zero attached hydrogens (tertiary/aromatic N) is 4. The quantitative estimate of drug-likeness (QED) is 0.553. The number of hydrogen-bond acceptors (Lipinski definition) is 6. The maximum Gasteiger partial charge on any atom is 0.148 e. The Morgan fingerprint density at radius 1 is 1.33 bits per heavy atom. The zero-order valence-corrected chi connectivity index (χ0v) is 10.7. The van der Waals surface area contributed by atoms with Gasteiger partial charge in [-0.3, -0.25) is 4.68 Å². The lowest BCUT2D eigenvalue weighted by molar-refractivity contribution is 0.756. The van der Waals surface area contributed by atoms with Gasteiger partial charge in [-0.05, 0) is 13.3 Å². The van der Waals surface area contributed by atoms with Crippen molar-refractivity contribution in [2.24, 2.45) is 12.9 Å². The first-order chi connectivity index (χ1) is 8.65. The van der Waals surface area contributed by atoms with E-state index in [1.807, 2.05) is 27.1 Å². The van der Waals surface area contributed by atoms with Gasteiger partial charge in [-0.25, -0.2) is 15.8 Å². The molecule has 2 aromatic heterocycles. The maximum absolute atomic E-state index is 5.44. The Balaban J connectivity index is 2.37. The average Bonchev–Trinajstić information content (AvgIpc) is 2.67. The fourth-order valence-electron chi connectivity index (χ4n) is 1.83. The molecule has 0 aliphatic rings. The molecule has 96 valence electrons. The highest BCUT2D eigenvalue weighted by Gasteiger charge is 2.11. The zero-order chi connectivity index (χ0) is 13.1. The molecule has 0 aliphatic heterocycles. The van der Waals surface area contributed by atoms with Crippen molar-refractivity contribution in [3.8, 4) is 0 Å². The van der Waals surface area contributed by atoms with Crippen molar-refractivity contribution in [3.63, 3.8) is 0 Å². The van der Waals surface area contributed by atoms with Crippen LogP contribution >= 0.6 is 0 Å². The second-order valence-electron chi connectivity index (χ2n) is 3.97. The van der Waals surface area contributed by atoms with Crippen LogP contribution in [0.1, 0.15) is 18.2 Å². The van der Waals surface area contributed by atoms with Gasteiger partial charge in [0.1, 0.15) is 18.0 Å². The molecule has 0 fully saturated rings. The highest BCUT2D eigenvalue weighted by atomic mass is 15.3. The number of anilines is 3. The van der Waals surface area contributed by atoms with Crippen LogP contribution in [-0.2, 0) is 13.5 Å². The van der Waals surface area contributed by atoms with E-state index in [-0.39, 0.29) is 0 Å². The van der Waals surface area contributed by atoms with Crippen LogP contribution in [0.15, 0.2) is 12.5 Å². The fourth-order valence-corrected chi connectivity index (χ4v) is 1.83. The average molecular weight is 247 g/mol. The van der Waals surface area contributed by atoms with Crippen molar-refractivity contribution >= 4 is 17.3 Å². The molecular formula is C11H17N7. The maximum atomic E-state index is 5.44. The molecule has 7 heteroatoms. The van der Waals surface area contributed by atoms with Gasteiger partial charge < -0.3 is 10.7 Å². The van der Waals surface area contributed by atoms with Crippen LogP contribution in [0, 0.1) is 6.92 Å². The predicted molar refractivity (Wildman–Crippen MR) is 70.4 cm³/mol. The number of hydrogen-bond donors (Lipinski definition) is 3. The van der Waals surface area contributed by atoms with Gasteiger partial charge in [0.15, 0.2) is 0 Å². The lowest BCUT2D eigenvalue weighted by Gasteiger charge is -2.11. The molecule has 2 heterocycles. The summed E-state index contributed by atoms with van der Waals surface area (Å²) in [5.74, 6) is 6.82. The number of nitrogens with two attached hydrogens (primary N) is 1. The molecule has 18 heavy (non-hydrogen) atoms. The molecule has 7 nitrogen and oxygen atoms in total. The SMILES string of the molecule is CCc1c(NN)ncnc1Nc1cn(C)nc1C. The summed E-state index contributed by atoms with van der Waals surface area (Å²) in [5.41, 5.74) is 5.37. The molecular weight excluding hydrogens is 230 g/mol. The Bertz CT molecular complexity index is 546. The Morgan fingerprint density at radius 2 is 2.06 bits per heavy atom. The normalized spacial score (nSPS) is 10.4. The summed E-state index contributed by atoms with van der Waals surface area (Å²) < 4.78 is 1.76. The van der Waals surface area contributed by atoms with Crippen LogP contribution in [0.5, 0.6) is 0 Å². The van der Waals surface area contributed by atoms with Crippen molar-refractivity contribution in [1.29, 1.82) is 0 Å². The van der Waals surface area contributed by atoms with Crippen LogP contribution < -0.4 is 16.6 Å². The van der Waals surface area contributed by atoms with Crippen molar-refractivity contribution in [2.75, 3.05) is 10.7 Å². The summed E-state index contributed by atoms with van der Waals surface area (Å²) in [7, 11) is 1.88. The molecule has 2 aromatic rings. The van der Waals surface area contributed by atoms with Crippen LogP contribution in [0.3, 0.4) is 0 Å². The van der Waals surface area contributed by atoms with Crippen LogP contribution in [-0.4, -0.2) is 19.7 Å². The van der Waals surface area contributed by atoms with Gasteiger partial charge in [0.05, 0.1) is 11.4 Å². The molecule has 0 amide bonds. The van der Waals surface area contributed by atoms with E-state index in [1.165, 1.54) is 6.33 Å². The second-order valence-corrected chi connectivity index (χ2v) is 3.97. The predicted octanol–water partition coefficient (Wildman–Crippen LogP) is 1.11. The monoisotopic (exact) mass is 247 g/mol. The third-order valence-electron chi connectivity index (χ3n) is 2.70. The minimum absolute atomic E-state index is 0.636. The number of rotatable bonds is 4. The van der Waals surface area contributed by atoms with Gasteiger partial charge in [0.25, 0.3) is 0 Å². The summed E-state index contributed by atoms with van der Waals surface area (Å²) >= 11 is 0. The van der Waals surface area contributed by atoms with E-state index in [0.29, 0.717) is 5.82 Å². The summed E-state index contributed by atoms with van der Waals surface area (Å²) in [6, 6.07) is 0. The molecule has 2 rings (SSSR count). The standard InChI is InChI=1S/C11H17N7/c1-4-8-10(13-6-14-11(8)16-12)15-9-5-18(3)17-7(9)2/h5-6H,4,12H2,1-3H3,(H2,13,14,15,16). The first-order valence-electron chi connectivity index (χ1n) is 5.73. The van der Waals surface area contributed by atoms with Crippen LogP contribution in [0.4, 0.5) is 17.3 Å². The Hall–Kier alpha value is -2.15. The zero-order valence-electron chi connectivity index (χ0n) is 10.7. The Morgan fingerprint density at radius 3 is 2.61 bits per heavy atom. The summed E-state index contributed by atoms with van der Waals surface area (Å²) in [6.45, 7) is 3.97. The largest absolute Gasteiger partial charge is 0.337 e. The molecule has 0 saturated carbocycles.